The Morgan fingerprint density at radius 3 is 2.67 bits per heavy atom. The molecule has 0 bridgehead atoms. The molecule has 0 amide bonds. The Bertz CT molecular complexity index is 812. The van der Waals surface area contributed by atoms with E-state index in [9.17, 15) is 0 Å². The number of hydrogen-bond acceptors (Lipinski definition) is 4. The largest absolute Gasteiger partial charge is 0.361 e. The summed E-state index contributed by atoms with van der Waals surface area (Å²) in [7, 11) is -1.12. The normalized spacial score (nSPS) is 12.7. The van der Waals surface area contributed by atoms with E-state index >= 15 is 0 Å². The van der Waals surface area contributed by atoms with Crippen molar-refractivity contribution in [1.29, 1.82) is 0 Å². The number of benzene rings is 1. The first-order valence-electron chi connectivity index (χ1n) is 9.21. The molecule has 1 heterocycles. The lowest BCUT2D eigenvalue weighted by Crippen LogP contribution is -2.28. The topological polar surface area (TPSA) is 25.4 Å². The maximum atomic E-state index is 6.06. The first-order chi connectivity index (χ1) is 12.9. The molecule has 1 aromatic heterocycles. The fourth-order valence-electron chi connectivity index (χ4n) is 2.52. The average Bonchev–Trinajstić information content (AvgIpc) is 3.05. The van der Waals surface area contributed by atoms with Gasteiger partial charge in [-0.3, -0.25) is 4.90 Å². The number of ether oxygens (including phenoxy) is 1. The highest BCUT2D eigenvalue weighted by atomic mass is 32.1. The van der Waals surface area contributed by atoms with E-state index in [4.69, 9.17) is 9.72 Å². The zero-order chi connectivity index (χ0) is 19.9. The Balaban J connectivity index is 2.28. The van der Waals surface area contributed by atoms with Crippen molar-refractivity contribution in [3.05, 3.63) is 73.0 Å². The quantitative estimate of drug-likeness (QED) is 0.195. The summed E-state index contributed by atoms with van der Waals surface area (Å²) in [6, 6.07) is 9.34. The minimum atomic E-state index is -1.12. The van der Waals surface area contributed by atoms with Crippen molar-refractivity contribution in [3.8, 4) is 0 Å². The Morgan fingerprint density at radius 2 is 2.04 bits per heavy atom. The van der Waals surface area contributed by atoms with E-state index in [1.54, 1.807) is 17.4 Å². The molecule has 0 saturated carbocycles. The predicted molar refractivity (Wildman–Crippen MR) is 123 cm³/mol. The molecule has 0 saturated heterocycles. The zero-order valence-corrected chi connectivity index (χ0v) is 18.7. The van der Waals surface area contributed by atoms with Gasteiger partial charge in [-0.15, -0.1) is 0 Å². The van der Waals surface area contributed by atoms with Crippen molar-refractivity contribution in [2.24, 2.45) is 0 Å². The van der Waals surface area contributed by atoms with Crippen molar-refractivity contribution < 1.29 is 4.74 Å². The zero-order valence-electron chi connectivity index (χ0n) is 16.9. The molecule has 5 heteroatoms. The summed E-state index contributed by atoms with van der Waals surface area (Å²) in [5.41, 5.74) is 2.91. The Labute approximate surface area is 168 Å². The lowest BCUT2D eigenvalue weighted by molar-refractivity contribution is 0.151. The van der Waals surface area contributed by atoms with E-state index in [-0.39, 0.29) is 0 Å². The van der Waals surface area contributed by atoms with E-state index in [0.717, 1.165) is 34.6 Å². The number of rotatable bonds is 10. The van der Waals surface area contributed by atoms with Crippen LogP contribution in [-0.2, 0) is 4.74 Å². The van der Waals surface area contributed by atoms with Crippen LogP contribution in [0.4, 0.5) is 5.13 Å². The van der Waals surface area contributed by atoms with Gasteiger partial charge in [0.15, 0.2) is 5.13 Å². The van der Waals surface area contributed by atoms with Crippen LogP contribution in [0.5, 0.6) is 0 Å². The fourth-order valence-corrected chi connectivity index (χ4v) is 4.25. The maximum absolute atomic E-state index is 6.06. The van der Waals surface area contributed by atoms with Gasteiger partial charge in [-0.25, -0.2) is 4.98 Å². The number of thiazole rings is 1. The van der Waals surface area contributed by atoms with Crippen LogP contribution in [0.1, 0.15) is 6.92 Å². The van der Waals surface area contributed by atoms with Crippen LogP contribution in [0.2, 0.25) is 25.7 Å². The number of hydrogen-bond donors (Lipinski definition) is 0. The molecular formula is C22H30N2OSSi. The second-order valence-corrected chi connectivity index (χ2v) is 14.2. The van der Waals surface area contributed by atoms with E-state index in [2.05, 4.69) is 49.8 Å². The lowest BCUT2D eigenvalue weighted by Gasteiger charge is -2.26. The first kappa shape index (κ1) is 21.3. The molecule has 0 aliphatic rings. The Kier molecular flexibility index (Phi) is 7.77. The summed E-state index contributed by atoms with van der Waals surface area (Å²) in [5, 5.41) is 0.922. The summed E-state index contributed by atoms with van der Waals surface area (Å²) in [6.45, 7) is 18.3. The minimum absolute atomic E-state index is 0.463. The molecule has 0 N–H and O–H groups in total. The molecule has 1 aromatic carbocycles. The summed E-state index contributed by atoms with van der Waals surface area (Å²) in [4.78, 5) is 6.93. The van der Waals surface area contributed by atoms with Crippen LogP contribution >= 0.6 is 11.3 Å². The van der Waals surface area contributed by atoms with Gasteiger partial charge in [-0.2, -0.15) is 0 Å². The number of anilines is 1. The third kappa shape index (κ3) is 6.31. The highest BCUT2D eigenvalue weighted by Crippen LogP contribution is 2.32. The Morgan fingerprint density at radius 1 is 1.30 bits per heavy atom. The van der Waals surface area contributed by atoms with Gasteiger partial charge in [-0.1, -0.05) is 80.6 Å². The second-order valence-electron chi connectivity index (χ2n) is 7.53. The summed E-state index contributed by atoms with van der Waals surface area (Å²) in [6.07, 6.45) is 7.67. The van der Waals surface area contributed by atoms with Gasteiger partial charge in [0.05, 0.1) is 10.2 Å². The predicted octanol–water partition coefficient (Wildman–Crippen LogP) is 6.62. The molecular weight excluding hydrogens is 368 g/mol. The van der Waals surface area contributed by atoms with Crippen molar-refractivity contribution in [3.63, 3.8) is 0 Å². The van der Waals surface area contributed by atoms with Gasteiger partial charge in [0.25, 0.3) is 0 Å². The van der Waals surface area contributed by atoms with Gasteiger partial charge < -0.3 is 4.74 Å². The number of aromatic nitrogens is 1. The molecule has 0 spiro atoms. The van der Waals surface area contributed by atoms with Crippen molar-refractivity contribution in [2.45, 2.75) is 32.6 Å². The summed E-state index contributed by atoms with van der Waals surface area (Å²) < 4.78 is 7.23. The van der Waals surface area contributed by atoms with Crippen LogP contribution in [0.3, 0.4) is 0 Å². The fraction of sp³-hybridized carbons (Fsp3) is 0.318. The van der Waals surface area contributed by atoms with Gasteiger partial charge in [0.2, 0.25) is 0 Å². The standard InChI is InChI=1S/C22H30N2OSSi/c1-7-9-12-18(3)20(8-2)24(17-25-15-16-27(4,5)6)22-23-19-13-10-11-14-21(19)26-22/h7-14H,1,3,15-17H2,2,4-6H3. The highest BCUT2D eigenvalue weighted by molar-refractivity contribution is 7.22. The number of fused-ring (bicyclic) bond motifs is 1. The Hall–Kier alpha value is -1.95. The monoisotopic (exact) mass is 398 g/mol. The molecule has 0 radical (unpaired) electrons. The number of allylic oxidation sites excluding steroid dienone is 4. The summed E-state index contributed by atoms with van der Waals surface area (Å²) >= 11 is 1.67. The van der Waals surface area contributed by atoms with E-state index in [1.807, 2.05) is 37.3 Å². The molecule has 144 valence electrons. The van der Waals surface area contributed by atoms with Crippen LogP contribution in [0, 0.1) is 0 Å². The highest BCUT2D eigenvalue weighted by Gasteiger charge is 2.19. The molecule has 0 unspecified atom stereocenters. The molecule has 27 heavy (non-hydrogen) atoms. The van der Waals surface area contributed by atoms with Gasteiger partial charge in [0.1, 0.15) is 6.73 Å². The van der Waals surface area contributed by atoms with Crippen LogP contribution in [-0.4, -0.2) is 26.4 Å². The molecule has 2 aromatic rings. The maximum Gasteiger partial charge on any atom is 0.192 e. The van der Waals surface area contributed by atoms with E-state index < -0.39 is 8.07 Å². The number of nitrogens with zero attached hydrogens (tertiary/aromatic N) is 2. The molecule has 0 aliphatic heterocycles. The average molecular weight is 399 g/mol. The molecule has 0 aliphatic carbocycles. The summed E-state index contributed by atoms with van der Waals surface area (Å²) in [5.74, 6) is 0. The van der Waals surface area contributed by atoms with E-state index in [1.165, 1.54) is 4.70 Å². The SMILES string of the molecule is C=CC=CC(=C)C(=CC)N(COCC[Si](C)(C)C)c1nc2ccccc2s1. The third-order valence-electron chi connectivity index (χ3n) is 4.06. The van der Waals surface area contributed by atoms with Crippen molar-refractivity contribution in [1.82, 2.24) is 4.98 Å². The van der Waals surface area contributed by atoms with Crippen molar-refractivity contribution >= 4 is 34.8 Å². The lowest BCUT2D eigenvalue weighted by atomic mass is 10.2. The smallest absolute Gasteiger partial charge is 0.192 e. The number of para-hydroxylation sites is 1. The van der Waals surface area contributed by atoms with Crippen LogP contribution in [0.15, 0.2) is 73.0 Å². The van der Waals surface area contributed by atoms with Gasteiger partial charge >= 0.3 is 0 Å². The molecule has 0 fully saturated rings. The van der Waals surface area contributed by atoms with E-state index in [0.29, 0.717) is 6.73 Å². The molecule has 3 nitrogen and oxygen atoms in total. The minimum Gasteiger partial charge on any atom is -0.361 e. The molecule has 2 rings (SSSR count). The first-order valence-corrected chi connectivity index (χ1v) is 13.7. The van der Waals surface area contributed by atoms with Crippen LogP contribution < -0.4 is 4.90 Å². The van der Waals surface area contributed by atoms with Gasteiger partial charge in [-0.05, 0) is 30.7 Å². The second kappa shape index (κ2) is 9.83. The molecule has 0 atom stereocenters. The van der Waals surface area contributed by atoms with Gasteiger partial charge in [0, 0.05) is 20.4 Å². The van der Waals surface area contributed by atoms with Crippen molar-refractivity contribution in [2.75, 3.05) is 18.2 Å². The van der Waals surface area contributed by atoms with Crippen LogP contribution in [0.25, 0.3) is 10.2 Å². The third-order valence-corrected chi connectivity index (χ3v) is 6.82.